The van der Waals surface area contributed by atoms with Gasteiger partial charge in [-0.2, -0.15) is 0 Å². The van der Waals surface area contributed by atoms with Crippen LogP contribution < -0.4 is 11.1 Å². The van der Waals surface area contributed by atoms with E-state index >= 15 is 0 Å². The number of primary amides is 1. The van der Waals surface area contributed by atoms with Gasteiger partial charge >= 0.3 is 0 Å². The number of halogens is 1. The Balaban J connectivity index is 2.64. The molecule has 1 amide bonds. The minimum Gasteiger partial charge on any atom is -0.396 e. The zero-order valence-electron chi connectivity index (χ0n) is 12.1. The van der Waals surface area contributed by atoms with Crippen molar-refractivity contribution in [2.45, 2.75) is 33.2 Å². The fraction of sp³-hybridized carbons (Fsp3) is 0.533. The zero-order chi connectivity index (χ0) is 15.2. The lowest BCUT2D eigenvalue weighted by atomic mass is 9.83. The van der Waals surface area contributed by atoms with Gasteiger partial charge in [0.05, 0.1) is 0 Å². The van der Waals surface area contributed by atoms with Gasteiger partial charge in [-0.1, -0.05) is 19.9 Å². The van der Waals surface area contributed by atoms with Crippen molar-refractivity contribution in [3.63, 3.8) is 0 Å². The molecular formula is C15H23FN2O2. The topological polar surface area (TPSA) is 75.3 Å². The van der Waals surface area contributed by atoms with Crippen LogP contribution >= 0.6 is 0 Å². The molecule has 0 heterocycles. The molecule has 0 bridgehead atoms. The molecule has 0 aliphatic carbocycles. The fourth-order valence-electron chi connectivity index (χ4n) is 2.09. The summed E-state index contributed by atoms with van der Waals surface area (Å²) < 4.78 is 13.8. The van der Waals surface area contributed by atoms with Crippen LogP contribution in [-0.2, 0) is 6.54 Å². The molecule has 1 aromatic rings. The molecule has 0 aromatic heterocycles. The molecule has 4 N–H and O–H groups in total. The second-order valence-corrected chi connectivity index (χ2v) is 5.14. The summed E-state index contributed by atoms with van der Waals surface area (Å²) in [7, 11) is 0. The molecular weight excluding hydrogens is 259 g/mol. The largest absolute Gasteiger partial charge is 0.396 e. The molecule has 112 valence electrons. The Bertz CT molecular complexity index is 451. The van der Waals surface area contributed by atoms with Crippen LogP contribution in [0.4, 0.5) is 4.39 Å². The highest BCUT2D eigenvalue weighted by atomic mass is 19.1. The number of aliphatic hydroxyl groups excluding tert-OH is 1. The van der Waals surface area contributed by atoms with Crippen LogP contribution in [0.2, 0.25) is 0 Å². The van der Waals surface area contributed by atoms with Gasteiger partial charge in [-0.05, 0) is 25.0 Å². The first-order chi connectivity index (χ1) is 9.48. The Kier molecular flexibility index (Phi) is 6.10. The third kappa shape index (κ3) is 4.02. The van der Waals surface area contributed by atoms with Gasteiger partial charge < -0.3 is 16.2 Å². The monoisotopic (exact) mass is 282 g/mol. The van der Waals surface area contributed by atoms with Gasteiger partial charge in [0, 0.05) is 36.2 Å². The third-order valence-corrected chi connectivity index (χ3v) is 3.99. The molecule has 1 aromatic carbocycles. The maximum absolute atomic E-state index is 13.8. The number of nitrogens with two attached hydrogens (primary N) is 1. The summed E-state index contributed by atoms with van der Waals surface area (Å²) in [6.07, 6.45) is 1.71. The van der Waals surface area contributed by atoms with Crippen LogP contribution in [0, 0.1) is 11.2 Å². The molecule has 0 aliphatic heterocycles. The molecule has 0 atom stereocenters. The number of benzene rings is 1. The Morgan fingerprint density at radius 2 is 2.05 bits per heavy atom. The van der Waals surface area contributed by atoms with Crippen molar-refractivity contribution in [2.24, 2.45) is 11.1 Å². The van der Waals surface area contributed by atoms with Gasteiger partial charge in [-0.25, -0.2) is 4.39 Å². The van der Waals surface area contributed by atoms with Crippen molar-refractivity contribution in [1.29, 1.82) is 0 Å². The summed E-state index contributed by atoms with van der Waals surface area (Å²) in [6.45, 7) is 5.14. The number of hydrogen-bond acceptors (Lipinski definition) is 3. The second kappa shape index (κ2) is 7.36. The molecule has 0 aliphatic rings. The van der Waals surface area contributed by atoms with E-state index in [1.807, 2.05) is 13.8 Å². The van der Waals surface area contributed by atoms with Gasteiger partial charge in [0.2, 0.25) is 5.91 Å². The summed E-state index contributed by atoms with van der Waals surface area (Å²) in [5, 5.41) is 12.6. The van der Waals surface area contributed by atoms with Crippen LogP contribution in [0.1, 0.15) is 42.6 Å². The number of amides is 1. The highest BCUT2D eigenvalue weighted by Gasteiger charge is 2.24. The zero-order valence-corrected chi connectivity index (χ0v) is 12.1. The van der Waals surface area contributed by atoms with Crippen molar-refractivity contribution >= 4 is 5.91 Å². The van der Waals surface area contributed by atoms with Crippen molar-refractivity contribution in [3.05, 3.63) is 35.1 Å². The predicted octanol–water partition coefficient (Wildman–Crippen LogP) is 1.81. The summed E-state index contributed by atoms with van der Waals surface area (Å²) in [6, 6.07) is 4.22. The Labute approximate surface area is 119 Å². The highest BCUT2D eigenvalue weighted by Crippen LogP contribution is 2.24. The number of nitrogens with one attached hydrogen (secondary N) is 1. The van der Waals surface area contributed by atoms with E-state index in [9.17, 15) is 14.3 Å². The van der Waals surface area contributed by atoms with E-state index in [-0.39, 0.29) is 17.6 Å². The lowest BCUT2D eigenvalue weighted by molar-refractivity contribution is 0.0999. The normalized spacial score (nSPS) is 11.6. The van der Waals surface area contributed by atoms with Gasteiger partial charge in [-0.15, -0.1) is 0 Å². The third-order valence-electron chi connectivity index (χ3n) is 3.99. The molecule has 0 radical (unpaired) electrons. The Hall–Kier alpha value is -1.46. The van der Waals surface area contributed by atoms with Gasteiger partial charge in [0.15, 0.2) is 0 Å². The minimum absolute atomic E-state index is 0.107. The first kappa shape index (κ1) is 16.6. The van der Waals surface area contributed by atoms with Gasteiger partial charge in [0.25, 0.3) is 0 Å². The molecule has 0 saturated carbocycles. The summed E-state index contributed by atoms with van der Waals surface area (Å²) in [5.41, 5.74) is 5.58. The lowest BCUT2D eigenvalue weighted by Gasteiger charge is -2.29. The molecule has 4 nitrogen and oxygen atoms in total. The molecule has 0 saturated heterocycles. The molecule has 1 rings (SSSR count). The predicted molar refractivity (Wildman–Crippen MR) is 76.7 cm³/mol. The molecule has 0 spiro atoms. The Morgan fingerprint density at radius 1 is 1.40 bits per heavy atom. The Morgan fingerprint density at radius 3 is 2.50 bits per heavy atom. The van der Waals surface area contributed by atoms with E-state index in [0.29, 0.717) is 18.7 Å². The van der Waals surface area contributed by atoms with Crippen LogP contribution in [-0.4, -0.2) is 24.2 Å². The number of rotatable bonds is 8. The standard InChI is InChI=1S/C15H23FN2O2/c1-3-15(4-2,10-19)9-18-8-12-6-5-11(14(17)20)7-13(12)16/h5-7,18-19H,3-4,8-10H2,1-2H3,(H2,17,20). The van der Waals surface area contributed by atoms with E-state index in [0.717, 1.165) is 18.9 Å². The van der Waals surface area contributed by atoms with E-state index in [1.165, 1.54) is 6.07 Å². The molecule has 5 heteroatoms. The van der Waals surface area contributed by atoms with Crippen LogP contribution in [0.25, 0.3) is 0 Å². The highest BCUT2D eigenvalue weighted by molar-refractivity contribution is 5.92. The smallest absolute Gasteiger partial charge is 0.248 e. The summed E-state index contributed by atoms with van der Waals surface area (Å²) >= 11 is 0. The summed E-state index contributed by atoms with van der Waals surface area (Å²) in [5.74, 6) is -1.09. The van der Waals surface area contributed by atoms with Crippen LogP contribution in [0.5, 0.6) is 0 Å². The van der Waals surface area contributed by atoms with E-state index in [1.54, 1.807) is 6.07 Å². The fourth-order valence-corrected chi connectivity index (χ4v) is 2.09. The van der Waals surface area contributed by atoms with E-state index in [4.69, 9.17) is 5.73 Å². The first-order valence-corrected chi connectivity index (χ1v) is 6.88. The summed E-state index contributed by atoms with van der Waals surface area (Å²) in [4.78, 5) is 10.9. The maximum atomic E-state index is 13.8. The van der Waals surface area contributed by atoms with Crippen molar-refractivity contribution in [1.82, 2.24) is 5.32 Å². The van der Waals surface area contributed by atoms with Gasteiger partial charge in [-0.3, -0.25) is 4.79 Å². The maximum Gasteiger partial charge on any atom is 0.248 e. The van der Waals surface area contributed by atoms with Crippen LogP contribution in [0.15, 0.2) is 18.2 Å². The molecule has 0 unspecified atom stereocenters. The quantitative estimate of drug-likeness (QED) is 0.680. The number of carbonyl (C=O) groups is 1. The SMILES string of the molecule is CCC(CC)(CO)CNCc1ccc(C(N)=O)cc1F. The first-order valence-electron chi connectivity index (χ1n) is 6.88. The van der Waals surface area contributed by atoms with Crippen molar-refractivity contribution < 1.29 is 14.3 Å². The van der Waals surface area contributed by atoms with Crippen LogP contribution in [0.3, 0.4) is 0 Å². The average molecular weight is 282 g/mol. The van der Waals surface area contributed by atoms with E-state index in [2.05, 4.69) is 5.32 Å². The van der Waals surface area contributed by atoms with Crippen molar-refractivity contribution in [2.75, 3.05) is 13.2 Å². The van der Waals surface area contributed by atoms with E-state index < -0.39 is 11.7 Å². The second-order valence-electron chi connectivity index (χ2n) is 5.14. The molecule has 0 fully saturated rings. The number of hydrogen-bond donors (Lipinski definition) is 3. The minimum atomic E-state index is -0.639. The number of carbonyl (C=O) groups excluding carboxylic acids is 1. The average Bonchev–Trinajstić information content (AvgIpc) is 2.45. The van der Waals surface area contributed by atoms with Crippen molar-refractivity contribution in [3.8, 4) is 0 Å². The number of aliphatic hydroxyl groups is 1. The molecule has 20 heavy (non-hydrogen) atoms. The lowest BCUT2D eigenvalue weighted by Crippen LogP contribution is -2.36. The van der Waals surface area contributed by atoms with Gasteiger partial charge in [0.1, 0.15) is 5.82 Å².